The minimum atomic E-state index is 0.102. The van der Waals surface area contributed by atoms with Gasteiger partial charge in [-0.1, -0.05) is 27.7 Å². The molecule has 1 amide bonds. The normalized spacial score (nSPS) is 32.2. The molecule has 2 unspecified atom stereocenters. The summed E-state index contributed by atoms with van der Waals surface area (Å²) < 4.78 is 5.75. The van der Waals surface area contributed by atoms with E-state index in [0.29, 0.717) is 30.3 Å². The molecule has 6 nitrogen and oxygen atoms in total. The number of rotatable bonds is 8. The van der Waals surface area contributed by atoms with Crippen LogP contribution in [0.1, 0.15) is 59.2 Å². The molecule has 3 saturated carbocycles. The molecule has 5 rings (SSSR count). The molecule has 0 radical (unpaired) electrons. The molecule has 1 aliphatic heterocycles. The second-order valence-electron chi connectivity index (χ2n) is 11.5. The van der Waals surface area contributed by atoms with Crippen molar-refractivity contribution in [3.63, 3.8) is 0 Å². The number of aromatic amines is 1. The zero-order chi connectivity index (χ0) is 22.2. The molecular weight excluding hydrogens is 388 g/mol. The number of imidazole rings is 1. The molecule has 174 valence electrons. The van der Waals surface area contributed by atoms with Crippen molar-refractivity contribution < 1.29 is 9.53 Å². The first-order chi connectivity index (χ1) is 14.7. The average Bonchev–Trinajstić information content (AvgIpc) is 3.23. The third-order valence-electron chi connectivity index (χ3n) is 9.05. The highest BCUT2D eigenvalue weighted by Crippen LogP contribution is 2.61. The number of H-pyrrole nitrogens is 1. The van der Waals surface area contributed by atoms with Crippen LogP contribution in [0, 0.1) is 34.5 Å². The van der Waals surface area contributed by atoms with Crippen LogP contribution in [0.15, 0.2) is 12.4 Å². The van der Waals surface area contributed by atoms with Crippen LogP contribution in [0.5, 0.6) is 0 Å². The van der Waals surface area contributed by atoms with Crippen LogP contribution in [-0.4, -0.2) is 60.2 Å². The molecule has 1 aromatic heterocycles. The first-order valence-corrected chi connectivity index (χ1v) is 12.2. The monoisotopic (exact) mass is 430 g/mol. The molecule has 6 heteroatoms. The van der Waals surface area contributed by atoms with E-state index in [1.165, 1.54) is 19.3 Å². The smallest absolute Gasteiger partial charge is 0.230 e. The van der Waals surface area contributed by atoms with Crippen molar-refractivity contribution in [2.45, 2.75) is 65.8 Å². The fourth-order valence-electron chi connectivity index (χ4n) is 6.99. The summed E-state index contributed by atoms with van der Waals surface area (Å²) in [6, 6.07) is 0.102. The lowest BCUT2D eigenvalue weighted by Gasteiger charge is -2.61. The Morgan fingerprint density at radius 3 is 2.71 bits per heavy atom. The fraction of sp³-hybridized carbons (Fsp3) is 0.840. The molecule has 4 aliphatic rings. The number of carbonyl (C=O) groups is 1. The van der Waals surface area contributed by atoms with E-state index in [9.17, 15) is 4.79 Å². The maximum absolute atomic E-state index is 13.7. The quantitative estimate of drug-likeness (QED) is 0.662. The SMILES string of the molecule is COCC(C1CCNCC1(C)C)N(C[C@@H]1CC[C@@H]2C[C@H]1C2(C)C)C(=O)Cc1ncc[nH]1. The molecule has 1 aromatic rings. The zero-order valence-electron chi connectivity index (χ0n) is 20.1. The molecule has 5 atom stereocenters. The number of ether oxygens (including phenoxy) is 1. The van der Waals surface area contributed by atoms with Crippen LogP contribution < -0.4 is 5.32 Å². The molecule has 4 fully saturated rings. The predicted octanol–water partition coefficient (Wildman–Crippen LogP) is 3.50. The highest BCUT2D eigenvalue weighted by atomic mass is 16.5. The lowest BCUT2D eigenvalue weighted by molar-refractivity contribution is -0.147. The molecule has 0 aromatic carbocycles. The van der Waals surface area contributed by atoms with Gasteiger partial charge >= 0.3 is 0 Å². The molecular formula is C25H42N4O2. The van der Waals surface area contributed by atoms with Crippen LogP contribution in [0.4, 0.5) is 0 Å². The molecule has 1 saturated heterocycles. The Kier molecular flexibility index (Phi) is 6.51. The van der Waals surface area contributed by atoms with E-state index in [1.807, 2.05) is 0 Å². The van der Waals surface area contributed by atoms with E-state index in [2.05, 4.69) is 47.9 Å². The van der Waals surface area contributed by atoms with Gasteiger partial charge in [-0.25, -0.2) is 4.98 Å². The number of aromatic nitrogens is 2. The largest absolute Gasteiger partial charge is 0.383 e. The number of carbonyl (C=O) groups excluding carboxylic acids is 1. The van der Waals surface area contributed by atoms with Gasteiger partial charge in [-0.15, -0.1) is 0 Å². The summed E-state index contributed by atoms with van der Waals surface area (Å²) in [6.07, 6.45) is 8.84. The van der Waals surface area contributed by atoms with Crippen LogP contribution in [-0.2, 0) is 16.0 Å². The number of amides is 1. The number of nitrogens with one attached hydrogen (secondary N) is 2. The van der Waals surface area contributed by atoms with E-state index in [1.54, 1.807) is 19.5 Å². The van der Waals surface area contributed by atoms with Crippen molar-refractivity contribution in [3.05, 3.63) is 18.2 Å². The number of hydrogen-bond donors (Lipinski definition) is 2. The number of piperidine rings is 1. The van der Waals surface area contributed by atoms with Gasteiger partial charge in [0, 0.05) is 32.6 Å². The highest BCUT2D eigenvalue weighted by Gasteiger charge is 2.55. The number of hydrogen-bond acceptors (Lipinski definition) is 4. The molecule has 2 heterocycles. The Morgan fingerprint density at radius 1 is 1.29 bits per heavy atom. The van der Waals surface area contributed by atoms with Crippen molar-refractivity contribution >= 4 is 5.91 Å². The van der Waals surface area contributed by atoms with Crippen molar-refractivity contribution in [1.82, 2.24) is 20.2 Å². The molecule has 0 spiro atoms. The van der Waals surface area contributed by atoms with Crippen LogP contribution >= 0.6 is 0 Å². The first kappa shape index (κ1) is 22.8. The predicted molar refractivity (Wildman–Crippen MR) is 123 cm³/mol. The Balaban J connectivity index is 1.60. The van der Waals surface area contributed by atoms with Gasteiger partial charge < -0.3 is 19.9 Å². The van der Waals surface area contributed by atoms with Crippen molar-refractivity contribution in [2.75, 3.05) is 33.4 Å². The van der Waals surface area contributed by atoms with Gasteiger partial charge in [0.2, 0.25) is 5.91 Å². The Labute approximate surface area is 187 Å². The topological polar surface area (TPSA) is 70.2 Å². The summed E-state index contributed by atoms with van der Waals surface area (Å²) in [5.74, 6) is 3.55. The molecule has 3 aliphatic carbocycles. The first-order valence-electron chi connectivity index (χ1n) is 12.2. The molecule has 2 N–H and O–H groups in total. The van der Waals surface area contributed by atoms with E-state index < -0.39 is 0 Å². The van der Waals surface area contributed by atoms with Gasteiger partial charge in [0.15, 0.2) is 0 Å². The van der Waals surface area contributed by atoms with E-state index in [4.69, 9.17) is 4.74 Å². The van der Waals surface area contributed by atoms with E-state index in [0.717, 1.165) is 43.7 Å². The lowest BCUT2D eigenvalue weighted by atomic mass is 9.45. The van der Waals surface area contributed by atoms with Crippen molar-refractivity contribution in [3.8, 4) is 0 Å². The summed E-state index contributed by atoms with van der Waals surface area (Å²) in [5, 5.41) is 3.55. The van der Waals surface area contributed by atoms with E-state index in [-0.39, 0.29) is 17.4 Å². The average molecular weight is 431 g/mol. The van der Waals surface area contributed by atoms with Crippen molar-refractivity contribution in [1.29, 1.82) is 0 Å². The standard InChI is InChI=1S/C25H42N4O2/c1-24(2)16-26-9-8-19(24)21(15-31-5)29(23(30)13-22-27-10-11-28-22)14-17-6-7-18-12-20(17)25(18,3)4/h10-11,17-21,26H,6-9,12-16H2,1-5H3,(H,27,28)/t17-,18+,19?,20+,21?/m0/s1. The van der Waals surface area contributed by atoms with Crippen LogP contribution in [0.25, 0.3) is 0 Å². The van der Waals surface area contributed by atoms with Gasteiger partial charge in [-0.05, 0) is 66.7 Å². The Morgan fingerprint density at radius 2 is 2.10 bits per heavy atom. The maximum atomic E-state index is 13.7. The minimum Gasteiger partial charge on any atom is -0.383 e. The van der Waals surface area contributed by atoms with Gasteiger partial charge in [-0.3, -0.25) is 4.79 Å². The summed E-state index contributed by atoms with van der Waals surface area (Å²) in [6.45, 7) is 13.0. The summed E-state index contributed by atoms with van der Waals surface area (Å²) in [7, 11) is 1.77. The number of fused-ring (bicyclic) bond motifs is 2. The van der Waals surface area contributed by atoms with Crippen LogP contribution in [0.2, 0.25) is 0 Å². The van der Waals surface area contributed by atoms with Gasteiger partial charge in [-0.2, -0.15) is 0 Å². The second kappa shape index (κ2) is 8.86. The van der Waals surface area contributed by atoms with Gasteiger partial charge in [0.25, 0.3) is 0 Å². The molecule has 31 heavy (non-hydrogen) atoms. The third kappa shape index (κ3) is 4.43. The summed E-state index contributed by atoms with van der Waals surface area (Å²) >= 11 is 0. The third-order valence-corrected chi connectivity index (χ3v) is 9.05. The van der Waals surface area contributed by atoms with Gasteiger partial charge in [0.1, 0.15) is 5.82 Å². The van der Waals surface area contributed by atoms with Gasteiger partial charge in [0.05, 0.1) is 19.1 Å². The maximum Gasteiger partial charge on any atom is 0.230 e. The number of nitrogens with zero attached hydrogens (tertiary/aromatic N) is 2. The van der Waals surface area contributed by atoms with E-state index >= 15 is 0 Å². The summed E-state index contributed by atoms with van der Waals surface area (Å²) in [4.78, 5) is 23.4. The number of methoxy groups -OCH3 is 1. The van der Waals surface area contributed by atoms with Crippen molar-refractivity contribution in [2.24, 2.45) is 34.5 Å². The Hall–Kier alpha value is -1.40. The molecule has 2 bridgehead atoms. The summed E-state index contributed by atoms with van der Waals surface area (Å²) in [5.41, 5.74) is 0.543. The Bertz CT molecular complexity index is 743. The zero-order valence-corrected chi connectivity index (χ0v) is 20.1. The fourth-order valence-corrected chi connectivity index (χ4v) is 6.99. The minimum absolute atomic E-state index is 0.102. The van der Waals surface area contributed by atoms with Crippen LogP contribution in [0.3, 0.4) is 0 Å². The highest BCUT2D eigenvalue weighted by molar-refractivity contribution is 5.78. The second-order valence-corrected chi connectivity index (χ2v) is 11.5. The lowest BCUT2D eigenvalue weighted by Crippen LogP contribution is -2.60.